The molecule has 0 fully saturated rings. The first-order chi connectivity index (χ1) is 10.8. The van der Waals surface area contributed by atoms with Gasteiger partial charge < -0.3 is 19.9 Å². The van der Waals surface area contributed by atoms with Gasteiger partial charge in [-0.3, -0.25) is 4.79 Å². The molecule has 1 heterocycles. The zero-order valence-electron chi connectivity index (χ0n) is 12.0. The second kappa shape index (κ2) is 6.49. The van der Waals surface area contributed by atoms with Gasteiger partial charge in [0.25, 0.3) is 5.91 Å². The standard InChI is InChI=1S/C17H17NO4/c19-10-13-3-1-2-4-14(13)17(20)18-8-7-12-5-6-15-16(9-12)22-11-21-15/h1-6,9,19H,7-8,10-11H2,(H,18,20). The normalized spacial score (nSPS) is 12.2. The summed E-state index contributed by atoms with van der Waals surface area (Å²) >= 11 is 0. The molecular weight excluding hydrogens is 282 g/mol. The predicted octanol–water partition coefficient (Wildman–Crippen LogP) is 1.88. The van der Waals surface area contributed by atoms with Crippen LogP contribution in [-0.2, 0) is 13.0 Å². The highest BCUT2D eigenvalue weighted by molar-refractivity contribution is 5.95. The average molecular weight is 299 g/mol. The summed E-state index contributed by atoms with van der Waals surface area (Å²) in [5.41, 5.74) is 2.21. The summed E-state index contributed by atoms with van der Waals surface area (Å²) in [5, 5.41) is 12.1. The van der Waals surface area contributed by atoms with Gasteiger partial charge in [-0.15, -0.1) is 0 Å². The molecule has 114 valence electrons. The molecule has 0 saturated heterocycles. The van der Waals surface area contributed by atoms with E-state index in [1.165, 1.54) is 0 Å². The van der Waals surface area contributed by atoms with Gasteiger partial charge in [0.05, 0.1) is 6.61 Å². The predicted molar refractivity (Wildman–Crippen MR) is 81.0 cm³/mol. The fraction of sp³-hybridized carbons (Fsp3) is 0.235. The maximum Gasteiger partial charge on any atom is 0.251 e. The first-order valence-electron chi connectivity index (χ1n) is 7.13. The van der Waals surface area contributed by atoms with Crippen LogP contribution >= 0.6 is 0 Å². The van der Waals surface area contributed by atoms with E-state index in [0.717, 1.165) is 17.1 Å². The Morgan fingerprint density at radius 1 is 1.14 bits per heavy atom. The highest BCUT2D eigenvalue weighted by Gasteiger charge is 2.13. The van der Waals surface area contributed by atoms with E-state index in [4.69, 9.17) is 9.47 Å². The number of ether oxygens (including phenoxy) is 2. The summed E-state index contributed by atoms with van der Waals surface area (Å²) in [5.74, 6) is 1.32. The minimum atomic E-state index is -0.176. The van der Waals surface area contributed by atoms with Gasteiger partial charge in [0, 0.05) is 12.1 Å². The third-order valence-electron chi connectivity index (χ3n) is 3.57. The molecule has 0 aromatic heterocycles. The number of fused-ring (bicyclic) bond motifs is 1. The fourth-order valence-corrected chi connectivity index (χ4v) is 2.39. The van der Waals surface area contributed by atoms with E-state index in [1.54, 1.807) is 24.3 Å². The van der Waals surface area contributed by atoms with Crippen molar-refractivity contribution in [3.8, 4) is 11.5 Å². The quantitative estimate of drug-likeness (QED) is 0.884. The van der Waals surface area contributed by atoms with E-state index >= 15 is 0 Å². The molecule has 0 aliphatic carbocycles. The fourth-order valence-electron chi connectivity index (χ4n) is 2.39. The van der Waals surface area contributed by atoms with Gasteiger partial charge in [-0.2, -0.15) is 0 Å². The Bertz CT molecular complexity index is 684. The van der Waals surface area contributed by atoms with Gasteiger partial charge in [0.1, 0.15) is 0 Å². The summed E-state index contributed by atoms with van der Waals surface area (Å²) in [4.78, 5) is 12.1. The van der Waals surface area contributed by atoms with E-state index in [1.807, 2.05) is 18.2 Å². The van der Waals surface area contributed by atoms with Crippen LogP contribution in [-0.4, -0.2) is 24.4 Å². The summed E-state index contributed by atoms with van der Waals surface area (Å²) in [6.45, 7) is 0.622. The number of rotatable bonds is 5. The number of nitrogens with one attached hydrogen (secondary N) is 1. The molecule has 2 aromatic rings. The number of carbonyl (C=O) groups excluding carboxylic acids is 1. The van der Waals surface area contributed by atoms with E-state index in [0.29, 0.717) is 24.1 Å². The largest absolute Gasteiger partial charge is 0.454 e. The molecule has 5 heteroatoms. The molecule has 0 bridgehead atoms. The zero-order chi connectivity index (χ0) is 15.4. The van der Waals surface area contributed by atoms with Crippen molar-refractivity contribution in [2.75, 3.05) is 13.3 Å². The molecule has 0 unspecified atom stereocenters. The Morgan fingerprint density at radius 2 is 1.95 bits per heavy atom. The monoisotopic (exact) mass is 299 g/mol. The van der Waals surface area contributed by atoms with Crippen molar-refractivity contribution in [1.29, 1.82) is 0 Å². The lowest BCUT2D eigenvalue weighted by molar-refractivity contribution is 0.0951. The van der Waals surface area contributed by atoms with Crippen LogP contribution in [0.4, 0.5) is 0 Å². The number of carbonyl (C=O) groups is 1. The third kappa shape index (κ3) is 3.04. The number of amides is 1. The van der Waals surface area contributed by atoms with Crippen molar-refractivity contribution < 1.29 is 19.4 Å². The Morgan fingerprint density at radius 3 is 2.82 bits per heavy atom. The Hall–Kier alpha value is -2.53. The Labute approximate surface area is 128 Å². The molecule has 0 spiro atoms. The van der Waals surface area contributed by atoms with E-state index < -0.39 is 0 Å². The number of benzene rings is 2. The minimum Gasteiger partial charge on any atom is -0.454 e. The third-order valence-corrected chi connectivity index (χ3v) is 3.57. The van der Waals surface area contributed by atoms with E-state index in [-0.39, 0.29) is 19.3 Å². The second-order valence-electron chi connectivity index (χ2n) is 5.01. The zero-order valence-corrected chi connectivity index (χ0v) is 12.0. The van der Waals surface area contributed by atoms with Crippen molar-refractivity contribution in [1.82, 2.24) is 5.32 Å². The van der Waals surface area contributed by atoms with Gasteiger partial charge in [0.15, 0.2) is 11.5 Å². The molecule has 1 aliphatic rings. The van der Waals surface area contributed by atoms with Crippen LogP contribution in [0.1, 0.15) is 21.5 Å². The summed E-state index contributed by atoms with van der Waals surface area (Å²) in [7, 11) is 0. The molecule has 1 amide bonds. The minimum absolute atomic E-state index is 0.147. The maximum absolute atomic E-state index is 12.1. The van der Waals surface area contributed by atoms with Crippen LogP contribution in [0.5, 0.6) is 11.5 Å². The number of hydrogen-bond acceptors (Lipinski definition) is 4. The van der Waals surface area contributed by atoms with Gasteiger partial charge in [-0.05, 0) is 35.7 Å². The molecule has 22 heavy (non-hydrogen) atoms. The van der Waals surface area contributed by atoms with Crippen molar-refractivity contribution in [2.45, 2.75) is 13.0 Å². The van der Waals surface area contributed by atoms with Gasteiger partial charge in [-0.1, -0.05) is 24.3 Å². The van der Waals surface area contributed by atoms with Gasteiger partial charge in [-0.25, -0.2) is 0 Å². The van der Waals surface area contributed by atoms with Crippen molar-refractivity contribution in [3.05, 3.63) is 59.2 Å². The molecule has 0 atom stereocenters. The molecule has 2 aromatic carbocycles. The molecule has 0 saturated carbocycles. The van der Waals surface area contributed by atoms with Crippen LogP contribution < -0.4 is 14.8 Å². The topological polar surface area (TPSA) is 67.8 Å². The lowest BCUT2D eigenvalue weighted by Crippen LogP contribution is -2.26. The highest BCUT2D eigenvalue weighted by atomic mass is 16.7. The van der Waals surface area contributed by atoms with Crippen LogP contribution in [0.25, 0.3) is 0 Å². The molecular formula is C17H17NO4. The number of aliphatic hydroxyl groups is 1. The van der Waals surface area contributed by atoms with Crippen molar-refractivity contribution in [2.24, 2.45) is 0 Å². The first-order valence-corrected chi connectivity index (χ1v) is 7.13. The molecule has 3 rings (SSSR count). The van der Waals surface area contributed by atoms with Gasteiger partial charge >= 0.3 is 0 Å². The summed E-state index contributed by atoms with van der Waals surface area (Å²) < 4.78 is 10.6. The van der Waals surface area contributed by atoms with Crippen LogP contribution in [0.15, 0.2) is 42.5 Å². The number of aliphatic hydroxyl groups excluding tert-OH is 1. The molecule has 1 aliphatic heterocycles. The Kier molecular flexibility index (Phi) is 4.25. The smallest absolute Gasteiger partial charge is 0.251 e. The van der Waals surface area contributed by atoms with Crippen LogP contribution in [0.2, 0.25) is 0 Å². The van der Waals surface area contributed by atoms with Crippen molar-refractivity contribution >= 4 is 5.91 Å². The molecule has 0 radical (unpaired) electrons. The highest BCUT2D eigenvalue weighted by Crippen LogP contribution is 2.32. The van der Waals surface area contributed by atoms with Crippen molar-refractivity contribution in [3.63, 3.8) is 0 Å². The SMILES string of the molecule is O=C(NCCc1ccc2c(c1)OCO2)c1ccccc1CO. The van der Waals surface area contributed by atoms with E-state index in [9.17, 15) is 9.90 Å². The first kappa shape index (κ1) is 14.4. The lowest BCUT2D eigenvalue weighted by Gasteiger charge is -2.09. The average Bonchev–Trinajstić information content (AvgIpc) is 3.02. The Balaban J connectivity index is 1.58. The van der Waals surface area contributed by atoms with Gasteiger partial charge in [0.2, 0.25) is 6.79 Å². The summed E-state index contributed by atoms with van der Waals surface area (Å²) in [6.07, 6.45) is 0.698. The van der Waals surface area contributed by atoms with E-state index in [2.05, 4.69) is 5.32 Å². The molecule has 5 nitrogen and oxygen atoms in total. The lowest BCUT2D eigenvalue weighted by atomic mass is 10.1. The van der Waals surface area contributed by atoms with Crippen LogP contribution in [0, 0.1) is 0 Å². The van der Waals surface area contributed by atoms with Crippen LogP contribution in [0.3, 0.4) is 0 Å². The maximum atomic E-state index is 12.1. The second-order valence-corrected chi connectivity index (χ2v) is 5.01. The number of hydrogen-bond donors (Lipinski definition) is 2. The molecule has 2 N–H and O–H groups in total. The summed E-state index contributed by atoms with van der Waals surface area (Å²) in [6, 6.07) is 12.8.